The number of carbonyl (C=O) groups excluding carboxylic acids is 2. The third-order valence-electron chi connectivity index (χ3n) is 13.7. The highest BCUT2D eigenvalue weighted by molar-refractivity contribution is 5.66. The molecule has 0 aromatic carbocycles. The molecule has 4 aliphatic carbocycles. The monoisotopic (exact) mass is 557 g/mol. The Morgan fingerprint density at radius 3 is 2.15 bits per heavy atom. The Morgan fingerprint density at radius 1 is 0.800 bits per heavy atom. The van der Waals surface area contributed by atoms with Crippen LogP contribution >= 0.6 is 0 Å². The van der Waals surface area contributed by atoms with E-state index >= 15 is 0 Å². The van der Waals surface area contributed by atoms with Crippen molar-refractivity contribution in [1.29, 1.82) is 0 Å². The van der Waals surface area contributed by atoms with Crippen molar-refractivity contribution in [2.75, 3.05) is 33.2 Å². The minimum absolute atomic E-state index is 0.0466. The van der Waals surface area contributed by atoms with Crippen LogP contribution in [0.1, 0.15) is 111 Å². The van der Waals surface area contributed by atoms with Gasteiger partial charge < -0.3 is 14.0 Å². The number of carbonyl (C=O) groups is 2. The van der Waals surface area contributed by atoms with Crippen molar-refractivity contribution in [2.24, 2.45) is 34.5 Å². The van der Waals surface area contributed by atoms with E-state index in [1.54, 1.807) is 13.8 Å². The smallest absolute Gasteiger partial charge is 0.303 e. The molecule has 6 rings (SSSR count). The summed E-state index contributed by atoms with van der Waals surface area (Å²) in [6.07, 6.45) is 16.3. The fourth-order valence-electron chi connectivity index (χ4n) is 11.7. The van der Waals surface area contributed by atoms with Gasteiger partial charge in [0.05, 0.1) is 20.1 Å². The first-order chi connectivity index (χ1) is 19.0. The van der Waals surface area contributed by atoms with Gasteiger partial charge in [-0.15, -0.1) is 0 Å². The van der Waals surface area contributed by atoms with E-state index in [1.165, 1.54) is 90.1 Å². The van der Waals surface area contributed by atoms with Crippen LogP contribution in [0.3, 0.4) is 0 Å². The summed E-state index contributed by atoms with van der Waals surface area (Å²) < 4.78 is 13.5. The van der Waals surface area contributed by atoms with Gasteiger partial charge in [0.15, 0.2) is 6.10 Å². The van der Waals surface area contributed by atoms with E-state index in [4.69, 9.17) is 9.47 Å². The first-order valence-electron chi connectivity index (χ1n) is 17.0. The fourth-order valence-corrected chi connectivity index (χ4v) is 11.7. The van der Waals surface area contributed by atoms with E-state index in [2.05, 4.69) is 25.8 Å². The number of ether oxygens (including phenoxy) is 2. The summed E-state index contributed by atoms with van der Waals surface area (Å²) in [5, 5.41) is 0. The fraction of sp³-hybridized carbons (Fsp3) is 0.941. The highest BCUT2D eigenvalue weighted by atomic mass is 16.5. The van der Waals surface area contributed by atoms with E-state index in [-0.39, 0.29) is 29.6 Å². The highest BCUT2D eigenvalue weighted by Gasteiger charge is 2.67. The molecule has 0 aromatic heterocycles. The quantitative estimate of drug-likeness (QED) is 0.315. The van der Waals surface area contributed by atoms with Gasteiger partial charge in [-0.1, -0.05) is 20.3 Å². The number of rotatable bonds is 4. The maximum Gasteiger partial charge on any atom is 0.303 e. The summed E-state index contributed by atoms with van der Waals surface area (Å²) in [5.41, 5.74) is 0.377. The number of hydrogen-bond donors (Lipinski definition) is 0. The van der Waals surface area contributed by atoms with Crippen LogP contribution in [-0.2, 0) is 19.1 Å². The number of quaternary nitrogens is 1. The predicted molar refractivity (Wildman–Crippen MR) is 156 cm³/mol. The van der Waals surface area contributed by atoms with Gasteiger partial charge in [-0.25, -0.2) is 0 Å². The molecule has 40 heavy (non-hydrogen) atoms. The Kier molecular flexibility index (Phi) is 7.85. The third kappa shape index (κ3) is 4.85. The van der Waals surface area contributed by atoms with Crippen LogP contribution in [0, 0.1) is 34.5 Å². The van der Waals surface area contributed by atoms with Gasteiger partial charge in [-0.2, -0.15) is 0 Å². The Labute approximate surface area is 243 Å². The Balaban J connectivity index is 1.29. The zero-order valence-corrected chi connectivity index (χ0v) is 26.2. The molecule has 0 spiro atoms. The van der Waals surface area contributed by atoms with Crippen LogP contribution < -0.4 is 0 Å². The summed E-state index contributed by atoms with van der Waals surface area (Å²) in [5.74, 6) is 2.50. The van der Waals surface area contributed by atoms with Gasteiger partial charge in [-0.05, 0) is 113 Å². The van der Waals surface area contributed by atoms with Crippen LogP contribution in [0.5, 0.6) is 0 Å². The Morgan fingerprint density at radius 2 is 1.48 bits per heavy atom. The molecule has 2 heterocycles. The first-order valence-corrected chi connectivity index (χ1v) is 17.0. The molecule has 0 amide bonds. The Bertz CT molecular complexity index is 958. The van der Waals surface area contributed by atoms with Crippen molar-refractivity contribution in [3.63, 3.8) is 0 Å². The zero-order chi connectivity index (χ0) is 28.3. The van der Waals surface area contributed by atoms with Crippen molar-refractivity contribution < 1.29 is 23.5 Å². The second kappa shape index (κ2) is 10.8. The first kappa shape index (κ1) is 29.0. The molecule has 6 nitrogen and oxygen atoms in total. The van der Waals surface area contributed by atoms with Crippen LogP contribution in [-0.4, -0.2) is 78.8 Å². The number of likely N-dealkylation sites (N-methyl/N-ethyl adjacent to an activating group) is 1. The average molecular weight is 558 g/mol. The van der Waals surface area contributed by atoms with E-state index in [0.29, 0.717) is 35.3 Å². The molecule has 5 unspecified atom stereocenters. The minimum Gasteiger partial charge on any atom is -0.461 e. The van der Waals surface area contributed by atoms with Gasteiger partial charge >= 0.3 is 11.9 Å². The van der Waals surface area contributed by atoms with E-state index in [9.17, 15) is 9.59 Å². The van der Waals surface area contributed by atoms with Crippen LogP contribution in [0.4, 0.5) is 0 Å². The van der Waals surface area contributed by atoms with E-state index < -0.39 is 0 Å². The lowest BCUT2D eigenvalue weighted by Gasteiger charge is -2.62. The molecular formula is C34H57N2O4+. The predicted octanol–water partition coefficient (Wildman–Crippen LogP) is 5.97. The summed E-state index contributed by atoms with van der Waals surface area (Å²) in [7, 11) is 2.47. The number of hydrogen-bond acceptors (Lipinski definition) is 5. The molecule has 6 aliphatic rings. The van der Waals surface area contributed by atoms with Crippen LogP contribution in [0.25, 0.3) is 0 Å². The lowest BCUT2D eigenvalue weighted by molar-refractivity contribution is -0.940. The Hall–Kier alpha value is -1.14. The molecule has 10 atom stereocenters. The van der Waals surface area contributed by atoms with Crippen molar-refractivity contribution in [3.05, 3.63) is 0 Å². The standard InChI is InChI=1S/C34H57N2O4/c1-23(37)39-31-20-25-12-13-26-27(34(25,4)22-29(31)35-16-8-6-9-17-35)14-15-33(3)28(26)21-30(32(33)40-24(2)38)36(5)18-10-7-11-19-36/h25-32H,6-22H2,1-5H3/q+1/t25?,26-,27+,28+,29?,30?,31?,32?,33+,34+/m1/s1. The molecule has 2 saturated heterocycles. The molecule has 0 radical (unpaired) electrons. The van der Waals surface area contributed by atoms with Crippen molar-refractivity contribution in [3.8, 4) is 0 Å². The number of esters is 2. The lowest BCUT2D eigenvalue weighted by Crippen LogP contribution is -2.61. The molecule has 226 valence electrons. The van der Waals surface area contributed by atoms with Crippen molar-refractivity contribution >= 4 is 11.9 Å². The summed E-state index contributed by atoms with van der Waals surface area (Å²) in [6, 6.07) is 0.796. The second-order valence-corrected chi connectivity index (χ2v) is 15.8. The molecule has 6 heteroatoms. The average Bonchev–Trinajstić information content (AvgIpc) is 3.21. The number of likely N-dealkylation sites (tertiary alicyclic amines) is 2. The summed E-state index contributed by atoms with van der Waals surface area (Å²) in [6.45, 7) is 13.1. The number of nitrogens with zero attached hydrogens (tertiary/aromatic N) is 2. The van der Waals surface area contributed by atoms with Crippen molar-refractivity contribution in [1.82, 2.24) is 4.90 Å². The zero-order valence-electron chi connectivity index (χ0n) is 26.2. The number of piperidine rings is 2. The highest BCUT2D eigenvalue weighted by Crippen LogP contribution is 2.67. The molecule has 2 aliphatic heterocycles. The molecule has 0 N–H and O–H groups in total. The van der Waals surface area contributed by atoms with Crippen molar-refractivity contribution in [2.45, 2.75) is 135 Å². The van der Waals surface area contributed by atoms with Gasteiger partial charge in [-0.3, -0.25) is 14.5 Å². The second-order valence-electron chi connectivity index (χ2n) is 15.8. The summed E-state index contributed by atoms with van der Waals surface area (Å²) in [4.78, 5) is 27.4. The summed E-state index contributed by atoms with van der Waals surface area (Å²) >= 11 is 0. The third-order valence-corrected chi connectivity index (χ3v) is 13.7. The molecule has 6 fully saturated rings. The van der Waals surface area contributed by atoms with Crippen LogP contribution in [0.15, 0.2) is 0 Å². The lowest BCUT2D eigenvalue weighted by atomic mass is 9.44. The largest absolute Gasteiger partial charge is 0.461 e. The molecular weight excluding hydrogens is 500 g/mol. The molecule has 0 aromatic rings. The topological polar surface area (TPSA) is 55.8 Å². The van der Waals surface area contributed by atoms with E-state index in [1.807, 2.05) is 0 Å². The van der Waals surface area contributed by atoms with Gasteiger partial charge in [0.25, 0.3) is 0 Å². The maximum absolute atomic E-state index is 12.5. The van der Waals surface area contributed by atoms with Gasteiger partial charge in [0.1, 0.15) is 12.1 Å². The maximum atomic E-state index is 12.5. The van der Waals surface area contributed by atoms with Gasteiger partial charge in [0.2, 0.25) is 0 Å². The van der Waals surface area contributed by atoms with Gasteiger partial charge in [0, 0.05) is 31.7 Å². The minimum atomic E-state index is -0.111. The molecule has 0 bridgehead atoms. The number of fused-ring (bicyclic) bond motifs is 5. The normalized spacial score (nSPS) is 46.9. The van der Waals surface area contributed by atoms with Crippen LogP contribution in [0.2, 0.25) is 0 Å². The van der Waals surface area contributed by atoms with E-state index in [0.717, 1.165) is 29.9 Å². The SMILES string of the molecule is CC(=O)OC1CC2CC[C@@H]3[C@H](CC[C@]4(C)C(OC(C)=O)C([N+]5(C)CCCCC5)C[C@@H]34)[C@@]2(C)CC1N1CCCCC1. The molecule has 4 saturated carbocycles.